The summed E-state index contributed by atoms with van der Waals surface area (Å²) < 4.78 is 0. The highest BCUT2D eigenvalue weighted by molar-refractivity contribution is 5.70. The lowest BCUT2D eigenvalue weighted by Gasteiger charge is -2.26. The van der Waals surface area contributed by atoms with Crippen molar-refractivity contribution in [3.8, 4) is 0 Å². The molecule has 0 unspecified atom stereocenters. The minimum atomic E-state index is -0.764. The van der Waals surface area contributed by atoms with Gasteiger partial charge in [0.05, 0.1) is 6.42 Å². The largest absolute Gasteiger partial charge is 0.481 e. The van der Waals surface area contributed by atoms with Crippen LogP contribution in [0.25, 0.3) is 0 Å². The first-order valence-corrected chi connectivity index (χ1v) is 6.26. The van der Waals surface area contributed by atoms with Gasteiger partial charge in [-0.1, -0.05) is 30.7 Å². The number of benzene rings is 1. The van der Waals surface area contributed by atoms with Gasteiger partial charge in [0, 0.05) is 6.54 Å². The van der Waals surface area contributed by atoms with E-state index in [-0.39, 0.29) is 6.42 Å². The average molecular weight is 233 g/mol. The molecule has 17 heavy (non-hydrogen) atoms. The summed E-state index contributed by atoms with van der Waals surface area (Å²) in [7, 11) is 0. The summed E-state index contributed by atoms with van der Waals surface area (Å²) in [4.78, 5) is 13.1. The third kappa shape index (κ3) is 3.86. The van der Waals surface area contributed by atoms with Gasteiger partial charge in [0.1, 0.15) is 0 Å². The second-order valence-electron chi connectivity index (χ2n) is 4.73. The van der Waals surface area contributed by atoms with Gasteiger partial charge in [-0.15, -0.1) is 0 Å². The Hall–Kier alpha value is -1.35. The van der Waals surface area contributed by atoms with E-state index in [0.29, 0.717) is 0 Å². The topological polar surface area (TPSA) is 40.5 Å². The van der Waals surface area contributed by atoms with Crippen LogP contribution in [0.4, 0.5) is 0 Å². The number of hydrogen-bond acceptors (Lipinski definition) is 2. The van der Waals surface area contributed by atoms with E-state index in [0.717, 1.165) is 12.1 Å². The molecule has 0 aromatic heterocycles. The van der Waals surface area contributed by atoms with Gasteiger partial charge in [-0.2, -0.15) is 0 Å². The fourth-order valence-electron chi connectivity index (χ4n) is 2.39. The van der Waals surface area contributed by atoms with Gasteiger partial charge < -0.3 is 5.11 Å². The van der Waals surface area contributed by atoms with E-state index < -0.39 is 5.97 Å². The van der Waals surface area contributed by atoms with Crippen molar-refractivity contribution >= 4 is 5.97 Å². The SMILES string of the molecule is O=C(O)Cc1cccc(CN2CCCCC2)c1. The molecule has 1 aromatic rings. The summed E-state index contributed by atoms with van der Waals surface area (Å²) in [5, 5.41) is 8.77. The number of likely N-dealkylation sites (tertiary alicyclic amines) is 1. The van der Waals surface area contributed by atoms with Gasteiger partial charge >= 0.3 is 5.97 Å². The molecule has 92 valence electrons. The Labute approximate surface area is 102 Å². The van der Waals surface area contributed by atoms with Crippen LogP contribution in [0.1, 0.15) is 30.4 Å². The molecule has 0 amide bonds. The first-order chi connectivity index (χ1) is 8.24. The summed E-state index contributed by atoms with van der Waals surface area (Å²) in [6.45, 7) is 3.29. The van der Waals surface area contributed by atoms with E-state index in [4.69, 9.17) is 5.11 Å². The normalized spacial score (nSPS) is 16.9. The molecule has 0 aliphatic carbocycles. The number of nitrogens with zero attached hydrogens (tertiary/aromatic N) is 1. The van der Waals surface area contributed by atoms with Gasteiger partial charge in [-0.25, -0.2) is 0 Å². The number of hydrogen-bond donors (Lipinski definition) is 1. The molecule has 0 spiro atoms. The Kier molecular flexibility index (Phi) is 4.15. The van der Waals surface area contributed by atoms with Gasteiger partial charge in [0.25, 0.3) is 0 Å². The number of aliphatic carboxylic acids is 1. The number of carboxylic acid groups (broad SMARTS) is 1. The van der Waals surface area contributed by atoms with Crippen molar-refractivity contribution in [2.45, 2.75) is 32.2 Å². The lowest BCUT2D eigenvalue weighted by molar-refractivity contribution is -0.136. The zero-order valence-electron chi connectivity index (χ0n) is 10.1. The lowest BCUT2D eigenvalue weighted by Crippen LogP contribution is -2.29. The molecule has 0 saturated carbocycles. The molecule has 1 heterocycles. The summed E-state index contributed by atoms with van der Waals surface area (Å²) >= 11 is 0. The molecule has 1 aromatic carbocycles. The quantitative estimate of drug-likeness (QED) is 0.867. The highest BCUT2D eigenvalue weighted by atomic mass is 16.4. The van der Waals surface area contributed by atoms with E-state index in [1.54, 1.807) is 0 Å². The smallest absolute Gasteiger partial charge is 0.307 e. The van der Waals surface area contributed by atoms with Crippen LogP contribution in [0.2, 0.25) is 0 Å². The van der Waals surface area contributed by atoms with E-state index in [1.807, 2.05) is 18.2 Å². The Morgan fingerprint density at radius 3 is 2.59 bits per heavy atom. The first kappa shape index (κ1) is 12.1. The first-order valence-electron chi connectivity index (χ1n) is 6.26. The summed E-state index contributed by atoms with van der Waals surface area (Å²) in [6.07, 6.45) is 4.03. The van der Waals surface area contributed by atoms with Gasteiger partial charge in [-0.3, -0.25) is 9.69 Å². The minimum absolute atomic E-state index is 0.119. The number of piperidine rings is 1. The van der Waals surface area contributed by atoms with Crippen molar-refractivity contribution in [3.63, 3.8) is 0 Å². The standard InChI is InChI=1S/C14H19NO2/c16-14(17)10-12-5-4-6-13(9-12)11-15-7-2-1-3-8-15/h4-6,9H,1-3,7-8,10-11H2,(H,16,17). The molecular formula is C14H19NO2. The van der Waals surface area contributed by atoms with Crippen LogP contribution in [0.5, 0.6) is 0 Å². The van der Waals surface area contributed by atoms with Crippen LogP contribution < -0.4 is 0 Å². The van der Waals surface area contributed by atoms with Crippen LogP contribution in [0, 0.1) is 0 Å². The zero-order valence-corrected chi connectivity index (χ0v) is 10.1. The van der Waals surface area contributed by atoms with Crippen LogP contribution in [0.3, 0.4) is 0 Å². The van der Waals surface area contributed by atoms with Crippen molar-refractivity contribution in [2.24, 2.45) is 0 Å². The minimum Gasteiger partial charge on any atom is -0.481 e. The fraction of sp³-hybridized carbons (Fsp3) is 0.500. The van der Waals surface area contributed by atoms with E-state index in [1.165, 1.54) is 37.9 Å². The van der Waals surface area contributed by atoms with Gasteiger partial charge in [0.2, 0.25) is 0 Å². The van der Waals surface area contributed by atoms with Crippen molar-refractivity contribution in [1.82, 2.24) is 4.90 Å². The van der Waals surface area contributed by atoms with Gasteiger partial charge in [0.15, 0.2) is 0 Å². The molecule has 0 radical (unpaired) electrons. The molecule has 0 atom stereocenters. The Bertz CT molecular complexity index is 384. The van der Waals surface area contributed by atoms with Crippen molar-refractivity contribution < 1.29 is 9.90 Å². The second kappa shape index (κ2) is 5.82. The summed E-state index contributed by atoms with van der Waals surface area (Å²) in [5.74, 6) is -0.764. The monoisotopic (exact) mass is 233 g/mol. The van der Waals surface area contributed by atoms with Crippen LogP contribution in [0.15, 0.2) is 24.3 Å². The number of carbonyl (C=O) groups is 1. The molecule has 3 heteroatoms. The molecule has 3 nitrogen and oxygen atoms in total. The van der Waals surface area contributed by atoms with Crippen molar-refractivity contribution in [1.29, 1.82) is 0 Å². The molecule has 1 saturated heterocycles. The number of carboxylic acids is 1. The maximum atomic E-state index is 10.7. The predicted octanol–water partition coefficient (Wildman–Crippen LogP) is 2.30. The van der Waals surface area contributed by atoms with Crippen LogP contribution >= 0.6 is 0 Å². The van der Waals surface area contributed by atoms with Gasteiger partial charge in [-0.05, 0) is 37.1 Å². The molecule has 1 aliphatic rings. The highest BCUT2D eigenvalue weighted by Crippen LogP contribution is 2.14. The summed E-state index contributed by atoms with van der Waals surface area (Å²) in [5.41, 5.74) is 2.12. The third-order valence-electron chi connectivity index (χ3n) is 3.20. The average Bonchev–Trinajstić information content (AvgIpc) is 2.30. The Morgan fingerprint density at radius 2 is 1.88 bits per heavy atom. The van der Waals surface area contributed by atoms with E-state index >= 15 is 0 Å². The van der Waals surface area contributed by atoms with Crippen molar-refractivity contribution in [3.05, 3.63) is 35.4 Å². The number of rotatable bonds is 4. The molecular weight excluding hydrogens is 214 g/mol. The second-order valence-corrected chi connectivity index (χ2v) is 4.73. The molecule has 2 rings (SSSR count). The molecule has 1 N–H and O–H groups in total. The third-order valence-corrected chi connectivity index (χ3v) is 3.20. The van der Waals surface area contributed by atoms with Crippen LogP contribution in [-0.4, -0.2) is 29.1 Å². The Balaban J connectivity index is 1.97. The summed E-state index contributed by atoms with van der Waals surface area (Å²) in [6, 6.07) is 7.94. The predicted molar refractivity (Wildman–Crippen MR) is 66.9 cm³/mol. The lowest BCUT2D eigenvalue weighted by atomic mass is 10.1. The Morgan fingerprint density at radius 1 is 1.18 bits per heavy atom. The zero-order chi connectivity index (χ0) is 12.1. The molecule has 0 bridgehead atoms. The van der Waals surface area contributed by atoms with Crippen LogP contribution in [-0.2, 0) is 17.8 Å². The fourth-order valence-corrected chi connectivity index (χ4v) is 2.39. The van der Waals surface area contributed by atoms with Crippen molar-refractivity contribution in [2.75, 3.05) is 13.1 Å². The van der Waals surface area contributed by atoms with E-state index in [2.05, 4.69) is 11.0 Å². The molecule has 1 fully saturated rings. The van der Waals surface area contributed by atoms with E-state index in [9.17, 15) is 4.79 Å². The maximum Gasteiger partial charge on any atom is 0.307 e. The maximum absolute atomic E-state index is 10.7. The molecule has 1 aliphatic heterocycles. The highest BCUT2D eigenvalue weighted by Gasteiger charge is 2.10.